The summed E-state index contributed by atoms with van der Waals surface area (Å²) in [5.41, 5.74) is 5.02. The number of carbonyl (C=O) groups excluding carboxylic acids is 2. The molecule has 0 atom stereocenters. The highest BCUT2D eigenvalue weighted by Gasteiger charge is 2.07. The minimum atomic E-state index is -0.163. The summed E-state index contributed by atoms with van der Waals surface area (Å²) < 4.78 is 0. The van der Waals surface area contributed by atoms with Crippen LogP contribution < -0.4 is 11.1 Å². The largest absolute Gasteiger partial charge is 0.370 e. The van der Waals surface area contributed by atoms with Crippen molar-refractivity contribution in [2.45, 2.75) is 78.6 Å². The van der Waals surface area contributed by atoms with Crippen LogP contribution in [0.1, 0.15) is 78.6 Å². The lowest BCUT2D eigenvalue weighted by molar-refractivity contribution is -0.125. The van der Waals surface area contributed by atoms with Crippen LogP contribution >= 0.6 is 0 Å². The third kappa shape index (κ3) is 19.5. The number of hydrogen-bond acceptors (Lipinski definition) is 2. The van der Waals surface area contributed by atoms with Gasteiger partial charge in [0.05, 0.1) is 0 Å². The summed E-state index contributed by atoms with van der Waals surface area (Å²) >= 11 is 0. The number of β-lactam (4-membered cyclic amide) rings is 1. The fourth-order valence-electron chi connectivity index (χ4n) is 1.48. The van der Waals surface area contributed by atoms with Gasteiger partial charge >= 0.3 is 0 Å². The van der Waals surface area contributed by atoms with Gasteiger partial charge in [-0.25, -0.2) is 0 Å². The van der Waals surface area contributed by atoms with Crippen LogP contribution in [0, 0.1) is 0 Å². The van der Waals surface area contributed by atoms with E-state index in [0.29, 0.717) is 6.42 Å². The van der Waals surface area contributed by atoms with Gasteiger partial charge in [-0.1, -0.05) is 59.3 Å². The highest BCUT2D eigenvalue weighted by Crippen LogP contribution is 2.07. The molecule has 0 bridgehead atoms. The molecule has 4 heteroatoms. The monoisotopic (exact) mass is 272 g/mol. The van der Waals surface area contributed by atoms with Crippen LogP contribution in [0.15, 0.2) is 0 Å². The highest BCUT2D eigenvalue weighted by molar-refractivity contribution is 5.81. The maximum Gasteiger partial charge on any atom is 0.221 e. The predicted octanol–water partition coefficient (Wildman–Crippen LogP) is 3.14. The van der Waals surface area contributed by atoms with Crippen LogP contribution in [0.2, 0.25) is 0 Å². The Hall–Kier alpha value is -1.06. The standard InChI is InChI=1S/C10H21NO.C3H5NO.C2H6/c1-2-3-4-5-6-7-8-9-10(11)12;5-3-1-2-4-3;1-2/h2-9H2,1H3,(H2,11,12);1-2H2,(H,4,5);1-2H3. The van der Waals surface area contributed by atoms with E-state index in [1.54, 1.807) is 0 Å². The topological polar surface area (TPSA) is 72.2 Å². The molecule has 0 aromatic rings. The lowest BCUT2D eigenvalue weighted by Gasteiger charge is -2.10. The summed E-state index contributed by atoms with van der Waals surface area (Å²) in [7, 11) is 0. The van der Waals surface area contributed by atoms with Gasteiger partial charge in [-0.3, -0.25) is 9.59 Å². The van der Waals surface area contributed by atoms with Crippen LogP contribution in [0.4, 0.5) is 0 Å². The Morgan fingerprint density at radius 2 is 1.53 bits per heavy atom. The average molecular weight is 272 g/mol. The number of unbranched alkanes of at least 4 members (excludes halogenated alkanes) is 6. The van der Waals surface area contributed by atoms with Crippen molar-refractivity contribution < 1.29 is 9.59 Å². The maximum absolute atomic E-state index is 10.4. The van der Waals surface area contributed by atoms with E-state index in [9.17, 15) is 9.59 Å². The third-order valence-electron chi connectivity index (χ3n) is 2.70. The summed E-state index contributed by atoms with van der Waals surface area (Å²) in [6.45, 7) is 7.10. The van der Waals surface area contributed by atoms with E-state index in [2.05, 4.69) is 12.2 Å². The number of nitrogens with one attached hydrogen (secondary N) is 1. The molecule has 4 nitrogen and oxygen atoms in total. The fraction of sp³-hybridized carbons (Fsp3) is 0.867. The molecule has 0 spiro atoms. The molecule has 0 radical (unpaired) electrons. The van der Waals surface area contributed by atoms with Crippen molar-refractivity contribution in [1.29, 1.82) is 0 Å². The minimum Gasteiger partial charge on any atom is -0.370 e. The van der Waals surface area contributed by atoms with Gasteiger partial charge in [0.1, 0.15) is 0 Å². The molecule has 0 unspecified atom stereocenters. The van der Waals surface area contributed by atoms with Gasteiger partial charge in [-0.15, -0.1) is 0 Å². The zero-order valence-electron chi connectivity index (χ0n) is 13.0. The molecule has 0 aromatic carbocycles. The Morgan fingerprint density at radius 3 is 1.84 bits per heavy atom. The first-order valence-corrected chi connectivity index (χ1v) is 7.71. The van der Waals surface area contributed by atoms with E-state index in [1.165, 1.54) is 32.1 Å². The van der Waals surface area contributed by atoms with E-state index in [4.69, 9.17) is 5.73 Å². The third-order valence-corrected chi connectivity index (χ3v) is 2.70. The molecule has 0 aromatic heterocycles. The average Bonchev–Trinajstić information content (AvgIpc) is 2.38. The highest BCUT2D eigenvalue weighted by atomic mass is 16.2. The van der Waals surface area contributed by atoms with E-state index in [-0.39, 0.29) is 11.8 Å². The number of hydrogen-bond donors (Lipinski definition) is 2. The Bertz CT molecular complexity index is 212. The van der Waals surface area contributed by atoms with Gasteiger partial charge < -0.3 is 11.1 Å². The molecule has 1 heterocycles. The zero-order valence-corrected chi connectivity index (χ0v) is 13.0. The van der Waals surface area contributed by atoms with Crippen molar-refractivity contribution in [3.05, 3.63) is 0 Å². The number of amides is 2. The van der Waals surface area contributed by atoms with Crippen molar-refractivity contribution in [1.82, 2.24) is 5.32 Å². The normalized spacial score (nSPS) is 12.1. The van der Waals surface area contributed by atoms with Gasteiger partial charge in [-0.05, 0) is 6.42 Å². The molecule has 1 aliphatic heterocycles. The molecule has 0 aliphatic carbocycles. The number of nitrogens with two attached hydrogens (primary N) is 1. The van der Waals surface area contributed by atoms with Gasteiger partial charge in [0, 0.05) is 19.4 Å². The molecule has 3 N–H and O–H groups in total. The summed E-state index contributed by atoms with van der Waals surface area (Å²) in [5.74, 6) is 0.0218. The quantitative estimate of drug-likeness (QED) is 0.526. The lowest BCUT2D eigenvalue weighted by Crippen LogP contribution is -2.37. The van der Waals surface area contributed by atoms with E-state index >= 15 is 0 Å². The van der Waals surface area contributed by atoms with Gasteiger partial charge in [0.25, 0.3) is 0 Å². The first kappa shape index (κ1) is 20.3. The minimum absolute atomic E-state index is 0.163. The SMILES string of the molecule is CC.CCCCCCCCCC(N)=O.O=C1CCN1. The Labute approximate surface area is 118 Å². The molecular weight excluding hydrogens is 240 g/mol. The van der Waals surface area contributed by atoms with Crippen molar-refractivity contribution in [3.8, 4) is 0 Å². The molecule has 114 valence electrons. The van der Waals surface area contributed by atoms with Crippen LogP contribution in [0.25, 0.3) is 0 Å². The molecule has 0 saturated carbocycles. The van der Waals surface area contributed by atoms with Crippen molar-refractivity contribution >= 4 is 11.8 Å². The van der Waals surface area contributed by atoms with Crippen LogP contribution in [-0.4, -0.2) is 18.4 Å². The second kappa shape index (κ2) is 16.9. The van der Waals surface area contributed by atoms with Gasteiger partial charge in [-0.2, -0.15) is 0 Å². The first-order chi connectivity index (χ1) is 9.16. The number of carbonyl (C=O) groups is 2. The number of rotatable bonds is 8. The molecule has 1 fully saturated rings. The van der Waals surface area contributed by atoms with Crippen molar-refractivity contribution in [2.75, 3.05) is 6.54 Å². The second-order valence-electron chi connectivity index (χ2n) is 4.44. The Morgan fingerprint density at radius 1 is 1.11 bits per heavy atom. The van der Waals surface area contributed by atoms with Gasteiger partial charge in [0.2, 0.25) is 11.8 Å². The molecule has 2 amide bonds. The van der Waals surface area contributed by atoms with Crippen LogP contribution in [0.3, 0.4) is 0 Å². The van der Waals surface area contributed by atoms with E-state index in [1.807, 2.05) is 13.8 Å². The molecule has 1 rings (SSSR count). The van der Waals surface area contributed by atoms with Crippen molar-refractivity contribution in [2.24, 2.45) is 5.73 Å². The summed E-state index contributed by atoms with van der Waals surface area (Å²) in [5, 5.41) is 2.57. The molecular formula is C15H32N2O2. The van der Waals surface area contributed by atoms with E-state index < -0.39 is 0 Å². The van der Waals surface area contributed by atoms with E-state index in [0.717, 1.165) is 25.8 Å². The summed E-state index contributed by atoms with van der Waals surface area (Å²) in [6, 6.07) is 0. The lowest BCUT2D eigenvalue weighted by atomic mass is 10.1. The van der Waals surface area contributed by atoms with Crippen LogP contribution in [0.5, 0.6) is 0 Å². The Balaban J connectivity index is 0. The molecule has 1 aliphatic rings. The maximum atomic E-state index is 10.4. The van der Waals surface area contributed by atoms with Crippen molar-refractivity contribution in [3.63, 3.8) is 0 Å². The Kier molecular flexibility index (Phi) is 18.1. The molecule has 19 heavy (non-hydrogen) atoms. The second-order valence-corrected chi connectivity index (χ2v) is 4.44. The molecule has 1 saturated heterocycles. The predicted molar refractivity (Wildman–Crippen MR) is 80.8 cm³/mol. The number of primary amides is 1. The first-order valence-electron chi connectivity index (χ1n) is 7.71. The zero-order chi connectivity index (χ0) is 14.9. The summed E-state index contributed by atoms with van der Waals surface area (Å²) in [6.07, 6.45) is 9.98. The summed E-state index contributed by atoms with van der Waals surface area (Å²) in [4.78, 5) is 20.1. The van der Waals surface area contributed by atoms with Gasteiger partial charge in [0.15, 0.2) is 0 Å². The smallest absolute Gasteiger partial charge is 0.221 e. The van der Waals surface area contributed by atoms with Crippen LogP contribution in [-0.2, 0) is 9.59 Å². The fourth-order valence-corrected chi connectivity index (χ4v) is 1.48.